The molecule has 0 saturated heterocycles. The second-order valence-electron chi connectivity index (χ2n) is 2.45. The molecule has 0 saturated carbocycles. The van der Waals surface area contributed by atoms with Crippen LogP contribution in [0.2, 0.25) is 13.1 Å². The van der Waals surface area contributed by atoms with Gasteiger partial charge in [0.05, 0.1) is 19.8 Å². The molecule has 0 spiro atoms. The summed E-state index contributed by atoms with van der Waals surface area (Å²) in [5.41, 5.74) is 0. The Bertz CT molecular complexity index is 94.1. The lowest BCUT2D eigenvalue weighted by atomic mass is 10.5. The van der Waals surface area contributed by atoms with Crippen molar-refractivity contribution >= 4 is 9.04 Å². The van der Waals surface area contributed by atoms with Crippen LogP contribution in [0.4, 0.5) is 0 Å². The summed E-state index contributed by atoms with van der Waals surface area (Å²) in [6.45, 7) is 10.1. The Morgan fingerprint density at radius 1 is 1.27 bits per heavy atom. The summed E-state index contributed by atoms with van der Waals surface area (Å²) in [7, 11) is -0.527. The number of ether oxygens (including phenoxy) is 1. The molecule has 0 N–H and O–H groups in total. The molecule has 0 aliphatic rings. The summed E-state index contributed by atoms with van der Waals surface area (Å²) in [6, 6.07) is 0. The van der Waals surface area contributed by atoms with E-state index in [1.54, 1.807) is 0 Å². The van der Waals surface area contributed by atoms with Crippen LogP contribution in [0.15, 0.2) is 12.7 Å². The Morgan fingerprint density at radius 2 is 2.00 bits per heavy atom. The zero-order valence-electron chi connectivity index (χ0n) is 7.43. The second kappa shape index (κ2) is 7.98. The fourth-order valence-electron chi connectivity index (χ4n) is 0.573. The molecular formula is C8H17O2Si. The molecule has 1 radical (unpaired) electrons. The quantitative estimate of drug-likeness (QED) is 0.332. The smallest absolute Gasteiger partial charge is 0.205 e. The Morgan fingerprint density at radius 3 is 2.55 bits per heavy atom. The van der Waals surface area contributed by atoms with Gasteiger partial charge in [-0.15, -0.1) is 6.58 Å². The molecule has 0 atom stereocenters. The van der Waals surface area contributed by atoms with Gasteiger partial charge in [-0.1, -0.05) is 6.08 Å². The Hall–Kier alpha value is -0.123. The molecule has 0 rings (SSSR count). The van der Waals surface area contributed by atoms with Crippen molar-refractivity contribution in [2.75, 3.05) is 19.8 Å². The summed E-state index contributed by atoms with van der Waals surface area (Å²) in [4.78, 5) is 0. The Labute approximate surface area is 70.9 Å². The molecule has 0 bridgehead atoms. The van der Waals surface area contributed by atoms with Gasteiger partial charge in [0.2, 0.25) is 9.04 Å². The van der Waals surface area contributed by atoms with E-state index in [4.69, 9.17) is 9.16 Å². The maximum absolute atomic E-state index is 5.37. The lowest BCUT2D eigenvalue weighted by Gasteiger charge is -2.05. The highest BCUT2D eigenvalue weighted by Crippen LogP contribution is 1.86. The topological polar surface area (TPSA) is 18.5 Å². The van der Waals surface area contributed by atoms with Crippen LogP contribution in [0.3, 0.4) is 0 Å². The van der Waals surface area contributed by atoms with Crippen molar-refractivity contribution in [2.24, 2.45) is 0 Å². The van der Waals surface area contributed by atoms with Crippen molar-refractivity contribution in [3.8, 4) is 0 Å². The minimum absolute atomic E-state index is 0.527. The molecule has 0 fully saturated rings. The molecule has 0 aliphatic heterocycles. The molecule has 0 unspecified atom stereocenters. The molecular weight excluding hydrogens is 156 g/mol. The minimum Gasteiger partial charge on any atom is -0.415 e. The van der Waals surface area contributed by atoms with Gasteiger partial charge >= 0.3 is 0 Å². The minimum atomic E-state index is -0.527. The van der Waals surface area contributed by atoms with Crippen molar-refractivity contribution in [3.63, 3.8) is 0 Å². The number of rotatable bonds is 7. The van der Waals surface area contributed by atoms with E-state index in [9.17, 15) is 0 Å². The van der Waals surface area contributed by atoms with E-state index in [0.29, 0.717) is 6.61 Å². The average Bonchev–Trinajstić information content (AvgIpc) is 1.96. The molecule has 3 heteroatoms. The van der Waals surface area contributed by atoms with Gasteiger partial charge in [-0.05, 0) is 19.5 Å². The van der Waals surface area contributed by atoms with Crippen LogP contribution in [0.25, 0.3) is 0 Å². The molecule has 0 aromatic carbocycles. The molecule has 0 heterocycles. The molecule has 0 aliphatic carbocycles. The third-order valence-electron chi connectivity index (χ3n) is 1.08. The van der Waals surface area contributed by atoms with Gasteiger partial charge in [0.1, 0.15) is 0 Å². The summed E-state index contributed by atoms with van der Waals surface area (Å²) in [5, 5.41) is 0. The zero-order valence-corrected chi connectivity index (χ0v) is 8.43. The van der Waals surface area contributed by atoms with E-state index in [1.165, 1.54) is 0 Å². The third kappa shape index (κ3) is 9.88. The Kier molecular flexibility index (Phi) is 7.89. The first-order valence-electron chi connectivity index (χ1n) is 3.89. The first-order chi connectivity index (χ1) is 5.27. The molecule has 0 aromatic heterocycles. The lowest BCUT2D eigenvalue weighted by Crippen LogP contribution is -2.13. The third-order valence-corrected chi connectivity index (χ3v) is 1.87. The zero-order chi connectivity index (χ0) is 8.53. The molecule has 11 heavy (non-hydrogen) atoms. The molecule has 0 aromatic rings. The van der Waals surface area contributed by atoms with Gasteiger partial charge < -0.3 is 9.16 Å². The maximum atomic E-state index is 5.37. The van der Waals surface area contributed by atoms with Crippen LogP contribution >= 0.6 is 0 Å². The van der Waals surface area contributed by atoms with Crippen molar-refractivity contribution in [2.45, 2.75) is 19.5 Å². The highest BCUT2D eigenvalue weighted by Gasteiger charge is 1.94. The summed E-state index contributed by atoms with van der Waals surface area (Å²) in [5.74, 6) is 0. The van der Waals surface area contributed by atoms with Gasteiger partial charge in [0.15, 0.2) is 0 Å². The summed E-state index contributed by atoms with van der Waals surface area (Å²) >= 11 is 0. The number of hydrogen-bond acceptors (Lipinski definition) is 2. The first-order valence-corrected chi connectivity index (χ1v) is 6.29. The second-order valence-corrected chi connectivity index (χ2v) is 4.55. The monoisotopic (exact) mass is 173 g/mol. The van der Waals surface area contributed by atoms with Gasteiger partial charge in [-0.3, -0.25) is 0 Å². The van der Waals surface area contributed by atoms with Crippen molar-refractivity contribution in [1.29, 1.82) is 0 Å². The standard InChI is InChI=1S/C8H17O2Si/c1-4-5-6-9-7-8-10-11(2)3/h4H,1,5-8H2,2-3H3. The number of hydrogen-bond donors (Lipinski definition) is 0. The molecule has 0 amide bonds. The predicted molar refractivity (Wildman–Crippen MR) is 49.1 cm³/mol. The van der Waals surface area contributed by atoms with Crippen LogP contribution in [-0.2, 0) is 9.16 Å². The van der Waals surface area contributed by atoms with Crippen molar-refractivity contribution in [3.05, 3.63) is 12.7 Å². The predicted octanol–water partition coefficient (Wildman–Crippen LogP) is 1.85. The van der Waals surface area contributed by atoms with Gasteiger partial charge in [0.25, 0.3) is 0 Å². The van der Waals surface area contributed by atoms with E-state index in [0.717, 1.165) is 19.6 Å². The van der Waals surface area contributed by atoms with E-state index >= 15 is 0 Å². The fraction of sp³-hybridized carbons (Fsp3) is 0.750. The van der Waals surface area contributed by atoms with Crippen molar-refractivity contribution < 1.29 is 9.16 Å². The lowest BCUT2D eigenvalue weighted by molar-refractivity contribution is 0.104. The Balaban J connectivity index is 2.85. The highest BCUT2D eigenvalue weighted by atomic mass is 28.3. The largest absolute Gasteiger partial charge is 0.415 e. The van der Waals surface area contributed by atoms with Crippen LogP contribution in [0.1, 0.15) is 6.42 Å². The van der Waals surface area contributed by atoms with Crippen LogP contribution in [0.5, 0.6) is 0 Å². The maximum Gasteiger partial charge on any atom is 0.205 e. The fourth-order valence-corrected chi connectivity index (χ4v) is 1.07. The van der Waals surface area contributed by atoms with Crippen LogP contribution in [-0.4, -0.2) is 28.9 Å². The summed E-state index contributed by atoms with van der Waals surface area (Å²) < 4.78 is 10.6. The normalized spacial score (nSPS) is 10.5. The van der Waals surface area contributed by atoms with Gasteiger partial charge in [-0.2, -0.15) is 0 Å². The first kappa shape index (κ1) is 10.9. The summed E-state index contributed by atoms with van der Waals surface area (Å²) in [6.07, 6.45) is 2.78. The van der Waals surface area contributed by atoms with Crippen LogP contribution in [0, 0.1) is 0 Å². The SMILES string of the molecule is C=CCCOCCO[Si](C)C. The highest BCUT2D eigenvalue weighted by molar-refractivity contribution is 6.48. The molecule has 65 valence electrons. The van der Waals surface area contributed by atoms with Crippen molar-refractivity contribution in [1.82, 2.24) is 0 Å². The van der Waals surface area contributed by atoms with Gasteiger partial charge in [0, 0.05) is 0 Å². The van der Waals surface area contributed by atoms with E-state index in [1.807, 2.05) is 6.08 Å². The van der Waals surface area contributed by atoms with E-state index < -0.39 is 9.04 Å². The molecule has 2 nitrogen and oxygen atoms in total. The van der Waals surface area contributed by atoms with Gasteiger partial charge in [-0.25, -0.2) is 0 Å². The average molecular weight is 173 g/mol. The van der Waals surface area contributed by atoms with Crippen LogP contribution < -0.4 is 0 Å². The van der Waals surface area contributed by atoms with E-state index in [2.05, 4.69) is 19.7 Å². The van der Waals surface area contributed by atoms with E-state index in [-0.39, 0.29) is 0 Å².